The zero-order valence-corrected chi connectivity index (χ0v) is 12.2. The van der Waals surface area contributed by atoms with Crippen molar-refractivity contribution in [3.05, 3.63) is 58.1 Å². The summed E-state index contributed by atoms with van der Waals surface area (Å²) < 4.78 is 14.5. The van der Waals surface area contributed by atoms with Crippen LogP contribution in [0.2, 0.25) is 5.02 Å². The van der Waals surface area contributed by atoms with Gasteiger partial charge in [-0.3, -0.25) is 9.78 Å². The van der Waals surface area contributed by atoms with E-state index in [0.717, 1.165) is 0 Å². The average Bonchev–Trinajstić information content (AvgIpc) is 2.47. The lowest BCUT2D eigenvalue weighted by molar-refractivity contribution is 0.103. The zero-order chi connectivity index (χ0) is 15.6. The maximum absolute atomic E-state index is 14.5. The van der Waals surface area contributed by atoms with Gasteiger partial charge in [-0.15, -0.1) is 0 Å². The monoisotopic (exact) mass is 307 g/mol. The minimum Gasteiger partial charge on any atom is -0.397 e. The van der Waals surface area contributed by atoms with Crippen LogP contribution < -0.4 is 11.5 Å². The highest BCUT2D eigenvalue weighted by Gasteiger charge is 2.23. The summed E-state index contributed by atoms with van der Waals surface area (Å²) >= 11 is 5.97. The van der Waals surface area contributed by atoms with Crippen molar-refractivity contribution >= 4 is 23.1 Å². The molecule has 0 amide bonds. The summed E-state index contributed by atoms with van der Waals surface area (Å²) in [4.78, 5) is 16.3. The van der Waals surface area contributed by atoms with E-state index in [1.54, 1.807) is 0 Å². The molecular formula is C15H15ClFN3O. The number of pyridine rings is 1. The lowest BCUT2D eigenvalue weighted by Gasteiger charge is -2.14. The minimum absolute atomic E-state index is 0.0307. The number of halogens is 2. The second-order valence-electron chi connectivity index (χ2n) is 4.65. The fraction of sp³-hybridized carbons (Fsp3) is 0.200. The zero-order valence-electron chi connectivity index (χ0n) is 11.4. The van der Waals surface area contributed by atoms with E-state index in [1.165, 1.54) is 30.5 Å². The van der Waals surface area contributed by atoms with Crippen molar-refractivity contribution < 1.29 is 9.18 Å². The third kappa shape index (κ3) is 3.04. The Morgan fingerprint density at radius 2 is 2.10 bits per heavy atom. The van der Waals surface area contributed by atoms with Gasteiger partial charge in [0.15, 0.2) is 0 Å². The van der Waals surface area contributed by atoms with E-state index in [1.807, 2.05) is 6.92 Å². The van der Waals surface area contributed by atoms with Crippen molar-refractivity contribution in [2.24, 2.45) is 5.73 Å². The second kappa shape index (κ2) is 6.20. The van der Waals surface area contributed by atoms with E-state index in [4.69, 9.17) is 23.1 Å². The Labute approximate surface area is 126 Å². The Hall–Kier alpha value is -1.98. The first-order chi connectivity index (χ1) is 9.95. The highest BCUT2D eigenvalue weighted by atomic mass is 35.5. The van der Waals surface area contributed by atoms with Crippen LogP contribution in [0.5, 0.6) is 0 Å². The second-order valence-corrected chi connectivity index (χ2v) is 5.05. The summed E-state index contributed by atoms with van der Waals surface area (Å²) in [6.07, 6.45) is 1.88. The Morgan fingerprint density at radius 1 is 1.38 bits per heavy atom. The molecule has 1 aromatic heterocycles. The van der Waals surface area contributed by atoms with E-state index in [2.05, 4.69) is 4.98 Å². The van der Waals surface area contributed by atoms with E-state index in [0.29, 0.717) is 12.1 Å². The third-order valence-corrected chi connectivity index (χ3v) is 3.52. The molecule has 0 unspecified atom stereocenters. The number of benzene rings is 1. The van der Waals surface area contributed by atoms with Gasteiger partial charge in [-0.2, -0.15) is 0 Å². The molecule has 0 saturated heterocycles. The summed E-state index contributed by atoms with van der Waals surface area (Å²) in [5.74, 6) is -1.29. The third-order valence-electron chi connectivity index (χ3n) is 3.21. The first-order valence-electron chi connectivity index (χ1n) is 6.45. The maximum Gasteiger partial charge on any atom is 0.215 e. The topological polar surface area (TPSA) is 82.0 Å². The molecule has 0 bridgehead atoms. The van der Waals surface area contributed by atoms with Crippen LogP contribution >= 0.6 is 11.6 Å². The number of carbonyl (C=O) groups is 1. The minimum atomic E-state index is -0.694. The van der Waals surface area contributed by atoms with Gasteiger partial charge >= 0.3 is 0 Å². The van der Waals surface area contributed by atoms with Crippen molar-refractivity contribution in [3.8, 4) is 0 Å². The number of nitrogens with two attached hydrogens (primary N) is 2. The number of ketones is 1. The van der Waals surface area contributed by atoms with E-state index < -0.39 is 17.6 Å². The van der Waals surface area contributed by atoms with E-state index in [-0.39, 0.29) is 21.8 Å². The summed E-state index contributed by atoms with van der Waals surface area (Å²) in [7, 11) is 0. The summed E-state index contributed by atoms with van der Waals surface area (Å²) in [6.45, 7) is 1.84. The molecule has 0 aliphatic heterocycles. The van der Waals surface area contributed by atoms with Gasteiger partial charge < -0.3 is 11.5 Å². The van der Waals surface area contributed by atoms with Gasteiger partial charge in [0.2, 0.25) is 5.78 Å². The summed E-state index contributed by atoms with van der Waals surface area (Å²) in [6, 6.07) is 5.43. The molecule has 110 valence electrons. The predicted octanol–water partition coefficient (Wildman–Crippen LogP) is 3.10. The highest BCUT2D eigenvalue weighted by molar-refractivity contribution is 6.35. The van der Waals surface area contributed by atoms with Gasteiger partial charge in [0.25, 0.3) is 0 Å². The molecule has 21 heavy (non-hydrogen) atoms. The highest BCUT2D eigenvalue weighted by Crippen LogP contribution is 2.28. The van der Waals surface area contributed by atoms with E-state index in [9.17, 15) is 9.18 Å². The number of carbonyl (C=O) groups excluding carboxylic acids is 1. The van der Waals surface area contributed by atoms with Crippen LogP contribution in [0.1, 0.15) is 41.0 Å². The molecule has 0 spiro atoms. The normalized spacial score (nSPS) is 12.2. The van der Waals surface area contributed by atoms with Crippen molar-refractivity contribution in [2.45, 2.75) is 19.4 Å². The predicted molar refractivity (Wildman–Crippen MR) is 80.7 cm³/mol. The fourth-order valence-corrected chi connectivity index (χ4v) is 2.18. The van der Waals surface area contributed by atoms with Gasteiger partial charge in [0.1, 0.15) is 11.5 Å². The Balaban J connectivity index is 2.52. The van der Waals surface area contributed by atoms with Crippen molar-refractivity contribution in [1.29, 1.82) is 0 Å². The molecule has 1 aromatic carbocycles. The van der Waals surface area contributed by atoms with Gasteiger partial charge in [0, 0.05) is 11.6 Å². The number of nitrogen functional groups attached to an aromatic ring is 1. The largest absolute Gasteiger partial charge is 0.397 e. The smallest absolute Gasteiger partial charge is 0.215 e. The molecule has 0 fully saturated rings. The standard InChI is InChI=1S/C15H15ClFN3O/c1-2-11(19)9-4-5-10(16)13(14(9)17)15(21)12-6-3-8(18)7-20-12/h3-7,11H,2,18-19H2,1H3/t11-/m1/s1. The molecule has 2 rings (SSSR count). The Kier molecular flexibility index (Phi) is 4.55. The summed E-state index contributed by atoms with van der Waals surface area (Å²) in [5.41, 5.74) is 11.9. The van der Waals surface area contributed by atoms with Gasteiger partial charge in [0.05, 0.1) is 22.5 Å². The summed E-state index contributed by atoms with van der Waals surface area (Å²) in [5, 5.41) is 0.0307. The molecule has 0 aliphatic rings. The molecule has 4 N–H and O–H groups in total. The van der Waals surface area contributed by atoms with Crippen LogP contribution in [0.15, 0.2) is 30.5 Å². The van der Waals surface area contributed by atoms with Gasteiger partial charge in [-0.05, 0) is 24.6 Å². The molecule has 1 heterocycles. The van der Waals surface area contributed by atoms with Gasteiger partial charge in [-0.1, -0.05) is 24.6 Å². The number of nitrogens with zero attached hydrogens (tertiary/aromatic N) is 1. The molecule has 1 atom stereocenters. The fourth-order valence-electron chi connectivity index (χ4n) is 1.95. The van der Waals surface area contributed by atoms with Crippen LogP contribution in [-0.2, 0) is 0 Å². The number of anilines is 1. The molecule has 4 nitrogen and oxygen atoms in total. The molecule has 0 aliphatic carbocycles. The van der Waals surface area contributed by atoms with Gasteiger partial charge in [-0.25, -0.2) is 4.39 Å². The lowest BCUT2D eigenvalue weighted by Crippen LogP contribution is -2.15. The van der Waals surface area contributed by atoms with Crippen molar-refractivity contribution in [3.63, 3.8) is 0 Å². The van der Waals surface area contributed by atoms with Crippen LogP contribution in [-0.4, -0.2) is 10.8 Å². The number of aromatic nitrogens is 1. The van der Waals surface area contributed by atoms with Crippen LogP contribution in [0.3, 0.4) is 0 Å². The first-order valence-corrected chi connectivity index (χ1v) is 6.83. The Morgan fingerprint density at radius 3 is 2.67 bits per heavy atom. The van der Waals surface area contributed by atoms with Crippen LogP contribution in [0, 0.1) is 5.82 Å². The lowest BCUT2D eigenvalue weighted by atomic mass is 9.98. The SMILES string of the molecule is CC[C@@H](N)c1ccc(Cl)c(C(=O)c2ccc(N)cn2)c1F. The first kappa shape index (κ1) is 15.4. The Bertz CT molecular complexity index is 673. The number of hydrogen-bond acceptors (Lipinski definition) is 4. The average molecular weight is 308 g/mol. The van der Waals surface area contributed by atoms with Crippen LogP contribution in [0.4, 0.5) is 10.1 Å². The molecule has 0 saturated carbocycles. The van der Waals surface area contributed by atoms with E-state index >= 15 is 0 Å². The number of hydrogen-bond donors (Lipinski definition) is 2. The van der Waals surface area contributed by atoms with Crippen molar-refractivity contribution in [2.75, 3.05) is 5.73 Å². The maximum atomic E-state index is 14.5. The molecule has 6 heteroatoms. The molecule has 2 aromatic rings. The number of rotatable bonds is 4. The molecular weight excluding hydrogens is 293 g/mol. The van der Waals surface area contributed by atoms with Crippen LogP contribution in [0.25, 0.3) is 0 Å². The quantitative estimate of drug-likeness (QED) is 0.850. The van der Waals surface area contributed by atoms with Crippen molar-refractivity contribution in [1.82, 2.24) is 4.98 Å². The molecule has 0 radical (unpaired) electrons.